The summed E-state index contributed by atoms with van der Waals surface area (Å²) in [6.45, 7) is 2.47. The van der Waals surface area contributed by atoms with Gasteiger partial charge in [-0.15, -0.1) is 0 Å². The number of sulfonamides is 1. The highest BCUT2D eigenvalue weighted by Gasteiger charge is 2.34. The molecule has 1 saturated heterocycles. The first-order valence-electron chi connectivity index (χ1n) is 9.94. The van der Waals surface area contributed by atoms with Gasteiger partial charge in [-0.3, -0.25) is 4.79 Å². The molecule has 1 aliphatic heterocycles. The fourth-order valence-corrected chi connectivity index (χ4v) is 5.20. The van der Waals surface area contributed by atoms with Gasteiger partial charge in [-0.2, -0.15) is 4.31 Å². The van der Waals surface area contributed by atoms with E-state index in [9.17, 15) is 13.2 Å². The lowest BCUT2D eigenvalue weighted by Gasteiger charge is -2.32. The molecular formula is C22H28N2O5S. The topological polar surface area (TPSA) is 84.9 Å². The van der Waals surface area contributed by atoms with Gasteiger partial charge in [0.2, 0.25) is 15.9 Å². The predicted molar refractivity (Wildman–Crippen MR) is 114 cm³/mol. The summed E-state index contributed by atoms with van der Waals surface area (Å²) in [6, 6.07) is 14.1. The van der Waals surface area contributed by atoms with Gasteiger partial charge in [0, 0.05) is 19.2 Å². The van der Waals surface area contributed by atoms with E-state index >= 15 is 0 Å². The molecule has 7 nitrogen and oxygen atoms in total. The molecule has 30 heavy (non-hydrogen) atoms. The Morgan fingerprint density at radius 2 is 1.80 bits per heavy atom. The molecular weight excluding hydrogens is 404 g/mol. The molecule has 1 fully saturated rings. The smallest absolute Gasteiger partial charge is 0.243 e. The predicted octanol–water partition coefficient (Wildman–Crippen LogP) is 2.98. The van der Waals surface area contributed by atoms with Crippen LogP contribution >= 0.6 is 0 Å². The highest BCUT2D eigenvalue weighted by Crippen LogP contribution is 2.32. The average Bonchev–Trinajstić information content (AvgIpc) is 2.79. The van der Waals surface area contributed by atoms with Crippen molar-refractivity contribution in [2.75, 3.05) is 27.3 Å². The number of nitrogens with one attached hydrogen (secondary N) is 1. The number of rotatable bonds is 7. The van der Waals surface area contributed by atoms with Crippen LogP contribution in [-0.2, 0) is 14.8 Å². The van der Waals surface area contributed by atoms with Crippen LogP contribution in [0.2, 0.25) is 0 Å². The van der Waals surface area contributed by atoms with Gasteiger partial charge in [0.05, 0.1) is 31.1 Å². The Morgan fingerprint density at radius 1 is 1.10 bits per heavy atom. The number of hydrogen-bond acceptors (Lipinski definition) is 5. The number of ether oxygens (including phenoxy) is 2. The van der Waals surface area contributed by atoms with E-state index in [1.165, 1.54) is 30.7 Å². The number of hydrogen-bond donors (Lipinski definition) is 1. The SMILES string of the molecule is COc1ccc(S(=O)(=O)N2CCC[C@@H](C(=O)N[C@@H](C)c3ccccc3)C2)cc1OC. The number of carbonyl (C=O) groups excluding carboxylic acids is 1. The van der Waals surface area contributed by atoms with E-state index in [0.717, 1.165) is 5.56 Å². The standard InChI is InChI=1S/C22H28N2O5S/c1-16(17-8-5-4-6-9-17)23-22(25)18-10-7-13-24(15-18)30(26,27)19-11-12-20(28-2)21(14-19)29-3/h4-6,8-9,11-12,14,16,18H,7,10,13,15H2,1-3H3,(H,23,25)/t16-,18+/m0/s1. The fourth-order valence-electron chi connectivity index (χ4n) is 3.66. The molecule has 0 aliphatic carbocycles. The van der Waals surface area contributed by atoms with Gasteiger partial charge < -0.3 is 14.8 Å². The molecule has 8 heteroatoms. The minimum Gasteiger partial charge on any atom is -0.493 e. The van der Waals surface area contributed by atoms with Crippen LogP contribution in [0, 0.1) is 5.92 Å². The normalized spacial score (nSPS) is 18.4. The molecule has 0 bridgehead atoms. The highest BCUT2D eigenvalue weighted by molar-refractivity contribution is 7.89. The van der Waals surface area contributed by atoms with Crippen molar-refractivity contribution >= 4 is 15.9 Å². The summed E-state index contributed by atoms with van der Waals surface area (Å²) in [5.41, 5.74) is 1.01. The first kappa shape index (κ1) is 22.1. The molecule has 3 rings (SSSR count). The van der Waals surface area contributed by atoms with E-state index in [0.29, 0.717) is 30.9 Å². The zero-order valence-corrected chi connectivity index (χ0v) is 18.3. The average molecular weight is 433 g/mol. The maximum atomic E-state index is 13.2. The molecule has 1 aliphatic rings. The lowest BCUT2D eigenvalue weighted by Crippen LogP contribution is -2.45. The molecule has 2 aromatic rings. The first-order valence-corrected chi connectivity index (χ1v) is 11.4. The summed E-state index contributed by atoms with van der Waals surface area (Å²) in [5, 5.41) is 3.01. The largest absolute Gasteiger partial charge is 0.493 e. The third-order valence-electron chi connectivity index (χ3n) is 5.41. The van der Waals surface area contributed by atoms with Crippen molar-refractivity contribution < 1.29 is 22.7 Å². The lowest BCUT2D eigenvalue weighted by atomic mass is 9.98. The molecule has 0 aromatic heterocycles. The zero-order chi connectivity index (χ0) is 21.7. The summed E-state index contributed by atoms with van der Waals surface area (Å²) in [6.07, 6.45) is 1.29. The van der Waals surface area contributed by atoms with Crippen LogP contribution in [0.15, 0.2) is 53.4 Å². The number of carbonyl (C=O) groups is 1. The number of amides is 1. The van der Waals surface area contributed by atoms with Crippen molar-refractivity contribution in [3.8, 4) is 11.5 Å². The van der Waals surface area contributed by atoms with Crippen LogP contribution in [0.5, 0.6) is 11.5 Å². The summed E-state index contributed by atoms with van der Waals surface area (Å²) < 4.78 is 38.1. The van der Waals surface area contributed by atoms with Gasteiger partial charge in [-0.05, 0) is 37.5 Å². The molecule has 1 heterocycles. The van der Waals surface area contributed by atoms with Crippen molar-refractivity contribution in [3.63, 3.8) is 0 Å². The Balaban J connectivity index is 1.72. The van der Waals surface area contributed by atoms with Crippen LogP contribution in [0.1, 0.15) is 31.4 Å². The van der Waals surface area contributed by atoms with E-state index in [1.807, 2.05) is 37.3 Å². The Labute approximate surface area is 178 Å². The highest BCUT2D eigenvalue weighted by atomic mass is 32.2. The zero-order valence-electron chi connectivity index (χ0n) is 17.5. The summed E-state index contributed by atoms with van der Waals surface area (Å²) in [5.74, 6) is 0.294. The Kier molecular flexibility index (Phi) is 6.99. The van der Waals surface area contributed by atoms with E-state index in [4.69, 9.17) is 9.47 Å². The van der Waals surface area contributed by atoms with Crippen LogP contribution in [-0.4, -0.2) is 45.9 Å². The third kappa shape index (κ3) is 4.76. The molecule has 2 atom stereocenters. The molecule has 1 amide bonds. The van der Waals surface area contributed by atoms with Gasteiger partial charge in [0.25, 0.3) is 0 Å². The Hall–Kier alpha value is -2.58. The molecule has 0 unspecified atom stereocenters. The number of nitrogens with zero attached hydrogens (tertiary/aromatic N) is 1. The van der Waals surface area contributed by atoms with Gasteiger partial charge >= 0.3 is 0 Å². The van der Waals surface area contributed by atoms with Crippen LogP contribution < -0.4 is 14.8 Å². The monoisotopic (exact) mass is 432 g/mol. The quantitative estimate of drug-likeness (QED) is 0.727. The first-order chi connectivity index (χ1) is 14.4. The minimum absolute atomic E-state index is 0.124. The second-order valence-corrected chi connectivity index (χ2v) is 9.30. The molecule has 0 spiro atoms. The molecule has 2 aromatic carbocycles. The van der Waals surface area contributed by atoms with Gasteiger partial charge in [-0.25, -0.2) is 8.42 Å². The van der Waals surface area contributed by atoms with Crippen molar-refractivity contribution in [2.45, 2.75) is 30.7 Å². The molecule has 1 N–H and O–H groups in total. The summed E-state index contributed by atoms with van der Waals surface area (Å²) in [7, 11) is -0.791. The summed E-state index contributed by atoms with van der Waals surface area (Å²) >= 11 is 0. The van der Waals surface area contributed by atoms with Gasteiger partial charge in [-0.1, -0.05) is 30.3 Å². The summed E-state index contributed by atoms with van der Waals surface area (Å²) in [4.78, 5) is 12.9. The maximum absolute atomic E-state index is 13.2. The molecule has 162 valence electrons. The lowest BCUT2D eigenvalue weighted by molar-refractivity contribution is -0.126. The minimum atomic E-state index is -3.75. The van der Waals surface area contributed by atoms with Crippen molar-refractivity contribution in [1.82, 2.24) is 9.62 Å². The number of piperidine rings is 1. The Morgan fingerprint density at radius 3 is 2.47 bits per heavy atom. The van der Waals surface area contributed by atoms with E-state index < -0.39 is 10.0 Å². The maximum Gasteiger partial charge on any atom is 0.243 e. The second kappa shape index (κ2) is 9.49. The van der Waals surface area contributed by atoms with Crippen molar-refractivity contribution in [3.05, 3.63) is 54.1 Å². The molecule has 0 saturated carbocycles. The fraction of sp³-hybridized carbons (Fsp3) is 0.409. The van der Waals surface area contributed by atoms with Gasteiger partial charge in [0.1, 0.15) is 0 Å². The second-order valence-electron chi connectivity index (χ2n) is 7.36. The number of benzene rings is 2. The van der Waals surface area contributed by atoms with Crippen LogP contribution in [0.25, 0.3) is 0 Å². The van der Waals surface area contributed by atoms with Crippen LogP contribution in [0.4, 0.5) is 0 Å². The van der Waals surface area contributed by atoms with Crippen molar-refractivity contribution in [1.29, 1.82) is 0 Å². The van der Waals surface area contributed by atoms with Gasteiger partial charge in [0.15, 0.2) is 11.5 Å². The Bertz CT molecular complexity index is 978. The van der Waals surface area contributed by atoms with Crippen LogP contribution in [0.3, 0.4) is 0 Å². The van der Waals surface area contributed by atoms with E-state index in [2.05, 4.69) is 5.32 Å². The van der Waals surface area contributed by atoms with E-state index in [1.54, 1.807) is 6.07 Å². The number of methoxy groups -OCH3 is 2. The van der Waals surface area contributed by atoms with Crippen molar-refractivity contribution in [2.24, 2.45) is 5.92 Å². The van der Waals surface area contributed by atoms with E-state index in [-0.39, 0.29) is 29.3 Å². The molecule has 0 radical (unpaired) electrons. The third-order valence-corrected chi connectivity index (χ3v) is 7.27.